The zero-order valence-corrected chi connectivity index (χ0v) is 14.6. The highest BCUT2D eigenvalue weighted by atomic mass is 32.2. The fourth-order valence-electron chi connectivity index (χ4n) is 2.58. The fraction of sp³-hybridized carbons (Fsp3) is 0.500. The van der Waals surface area contributed by atoms with Gasteiger partial charge < -0.3 is 0 Å². The molecule has 0 saturated heterocycles. The van der Waals surface area contributed by atoms with Crippen molar-refractivity contribution in [3.05, 3.63) is 42.0 Å². The molecule has 0 bridgehead atoms. The molecule has 0 spiro atoms. The van der Waals surface area contributed by atoms with E-state index in [-0.39, 0.29) is 5.41 Å². The molecule has 1 aliphatic rings. The molecule has 0 fully saturated rings. The second-order valence-electron chi connectivity index (χ2n) is 5.64. The molecule has 0 amide bonds. The normalized spacial score (nSPS) is 21.6. The van der Waals surface area contributed by atoms with Gasteiger partial charge in [0.1, 0.15) is 0 Å². The van der Waals surface area contributed by atoms with E-state index in [4.69, 9.17) is 0 Å². The highest BCUT2D eigenvalue weighted by Gasteiger charge is 2.38. The lowest BCUT2D eigenvalue weighted by atomic mass is 9.82. The third-order valence-corrected chi connectivity index (χ3v) is 6.15. The van der Waals surface area contributed by atoms with Crippen molar-refractivity contribution in [3.63, 3.8) is 0 Å². The average Bonchev–Trinajstić information content (AvgIpc) is 2.80. The van der Waals surface area contributed by atoms with E-state index in [9.17, 15) is 4.79 Å². The Bertz CT molecular complexity index is 495. The van der Waals surface area contributed by atoms with E-state index in [1.54, 1.807) is 0 Å². The second-order valence-corrected chi connectivity index (χ2v) is 8.26. The van der Waals surface area contributed by atoms with Crippen LogP contribution >= 0.6 is 23.5 Å². The van der Waals surface area contributed by atoms with E-state index in [0.717, 1.165) is 29.7 Å². The lowest BCUT2D eigenvalue weighted by molar-refractivity contribution is -0.121. The maximum atomic E-state index is 12.7. The summed E-state index contributed by atoms with van der Waals surface area (Å²) in [4.78, 5) is 12.7. The Morgan fingerprint density at radius 2 is 1.81 bits per heavy atom. The fourth-order valence-corrected chi connectivity index (χ4v) is 4.61. The smallest absolute Gasteiger partial charge is 0.169 e. The number of carbonyl (C=O) groups excluding carboxylic acids is 1. The van der Waals surface area contributed by atoms with Gasteiger partial charge >= 0.3 is 0 Å². The molecule has 21 heavy (non-hydrogen) atoms. The Hall–Kier alpha value is -0.670. The molecule has 3 heteroatoms. The van der Waals surface area contributed by atoms with Crippen molar-refractivity contribution in [1.82, 2.24) is 0 Å². The van der Waals surface area contributed by atoms with Crippen molar-refractivity contribution in [1.29, 1.82) is 0 Å². The molecule has 0 aromatic heterocycles. The summed E-state index contributed by atoms with van der Waals surface area (Å²) in [5.41, 5.74) is 1.80. The van der Waals surface area contributed by atoms with Crippen molar-refractivity contribution >= 4 is 34.9 Å². The molecular formula is C18H24OS2. The summed E-state index contributed by atoms with van der Waals surface area (Å²) in [6.45, 7) is 4.33. The van der Waals surface area contributed by atoms with Crippen LogP contribution in [0.1, 0.15) is 32.3 Å². The van der Waals surface area contributed by atoms with Gasteiger partial charge in [-0.15, -0.1) is 0 Å². The third-order valence-electron chi connectivity index (χ3n) is 4.01. The van der Waals surface area contributed by atoms with Gasteiger partial charge in [-0.1, -0.05) is 50.3 Å². The minimum Gasteiger partial charge on any atom is -0.294 e. The van der Waals surface area contributed by atoms with Crippen LogP contribution < -0.4 is 0 Å². The summed E-state index contributed by atoms with van der Waals surface area (Å²) in [7, 11) is 0. The molecule has 1 aromatic rings. The van der Waals surface area contributed by atoms with Crippen molar-refractivity contribution in [2.45, 2.75) is 26.7 Å². The van der Waals surface area contributed by atoms with Crippen LogP contribution in [0.5, 0.6) is 0 Å². The number of benzene rings is 1. The van der Waals surface area contributed by atoms with Crippen LogP contribution in [0.2, 0.25) is 0 Å². The van der Waals surface area contributed by atoms with Gasteiger partial charge in [-0.3, -0.25) is 4.79 Å². The van der Waals surface area contributed by atoms with Gasteiger partial charge in [0.25, 0.3) is 0 Å². The SMILES string of the molecule is CCSCCSCCC1(C)CC=C(c2ccccc2)C1=O. The highest BCUT2D eigenvalue weighted by Crippen LogP contribution is 2.41. The lowest BCUT2D eigenvalue weighted by Gasteiger charge is -2.22. The predicted octanol–water partition coefficient (Wildman–Crippen LogP) is 4.93. The first kappa shape index (κ1) is 16.7. The zero-order chi connectivity index (χ0) is 15.1. The molecule has 0 heterocycles. The third kappa shape index (κ3) is 4.40. The maximum Gasteiger partial charge on any atom is 0.169 e. The highest BCUT2D eigenvalue weighted by molar-refractivity contribution is 8.02. The van der Waals surface area contributed by atoms with Gasteiger partial charge in [0.05, 0.1) is 0 Å². The Balaban J connectivity index is 1.84. The molecule has 1 nitrogen and oxygen atoms in total. The minimum absolute atomic E-state index is 0.184. The quantitative estimate of drug-likeness (QED) is 0.633. The molecule has 0 aliphatic heterocycles. The molecule has 0 radical (unpaired) electrons. The van der Waals surface area contributed by atoms with E-state index in [0.29, 0.717) is 5.78 Å². The number of ketones is 1. The van der Waals surface area contributed by atoms with Gasteiger partial charge in [-0.05, 0) is 29.9 Å². The van der Waals surface area contributed by atoms with Crippen molar-refractivity contribution in [3.8, 4) is 0 Å². The Labute approximate surface area is 137 Å². The summed E-state index contributed by atoms with van der Waals surface area (Å²) in [6.07, 6.45) is 4.01. The summed E-state index contributed by atoms with van der Waals surface area (Å²) < 4.78 is 0. The van der Waals surface area contributed by atoms with E-state index in [2.05, 4.69) is 19.9 Å². The molecule has 0 saturated carbocycles. The zero-order valence-electron chi connectivity index (χ0n) is 12.9. The molecule has 1 aliphatic carbocycles. The van der Waals surface area contributed by atoms with Crippen LogP contribution in [-0.2, 0) is 4.79 Å². The summed E-state index contributed by atoms with van der Waals surface area (Å²) in [6, 6.07) is 10.1. The topological polar surface area (TPSA) is 17.1 Å². The standard InChI is InChI=1S/C18H24OS2/c1-3-20-13-14-21-12-11-18(2)10-9-16(17(18)19)15-7-5-4-6-8-15/h4-9H,3,10-14H2,1-2H3. The predicted molar refractivity (Wildman–Crippen MR) is 97.1 cm³/mol. The molecule has 1 aromatic carbocycles. The summed E-state index contributed by atoms with van der Waals surface area (Å²) >= 11 is 3.97. The largest absolute Gasteiger partial charge is 0.294 e. The first-order valence-corrected chi connectivity index (χ1v) is 9.94. The van der Waals surface area contributed by atoms with Gasteiger partial charge in [-0.2, -0.15) is 23.5 Å². The van der Waals surface area contributed by atoms with E-state index in [1.807, 2.05) is 53.9 Å². The van der Waals surface area contributed by atoms with Gasteiger partial charge in [0.15, 0.2) is 5.78 Å². The minimum atomic E-state index is -0.184. The number of carbonyl (C=O) groups is 1. The molecule has 114 valence electrons. The van der Waals surface area contributed by atoms with Crippen LogP contribution in [0.15, 0.2) is 36.4 Å². The van der Waals surface area contributed by atoms with E-state index in [1.165, 1.54) is 17.3 Å². The molecular weight excluding hydrogens is 296 g/mol. The molecule has 1 unspecified atom stereocenters. The van der Waals surface area contributed by atoms with Crippen LogP contribution in [0.25, 0.3) is 5.57 Å². The monoisotopic (exact) mass is 320 g/mol. The van der Waals surface area contributed by atoms with Crippen LogP contribution in [0.4, 0.5) is 0 Å². The second kappa shape index (κ2) is 8.09. The van der Waals surface area contributed by atoms with Crippen molar-refractivity contribution in [2.75, 3.05) is 23.0 Å². The number of allylic oxidation sites excluding steroid dienone is 2. The van der Waals surface area contributed by atoms with E-state index < -0.39 is 0 Å². The Kier molecular flexibility index (Phi) is 6.43. The van der Waals surface area contributed by atoms with E-state index >= 15 is 0 Å². The number of thioether (sulfide) groups is 2. The number of rotatable bonds is 8. The number of Topliss-reactive ketones (excluding diaryl/α,β-unsaturated/α-hetero) is 1. The molecule has 0 N–H and O–H groups in total. The number of hydrogen-bond acceptors (Lipinski definition) is 3. The van der Waals surface area contributed by atoms with Gasteiger partial charge in [-0.25, -0.2) is 0 Å². The number of hydrogen-bond donors (Lipinski definition) is 0. The van der Waals surface area contributed by atoms with Gasteiger partial charge in [0.2, 0.25) is 0 Å². The maximum absolute atomic E-state index is 12.7. The Morgan fingerprint density at radius 3 is 2.52 bits per heavy atom. The first-order chi connectivity index (χ1) is 10.2. The first-order valence-electron chi connectivity index (χ1n) is 7.63. The summed E-state index contributed by atoms with van der Waals surface area (Å²) in [5.74, 6) is 5.03. The van der Waals surface area contributed by atoms with Crippen LogP contribution in [0, 0.1) is 5.41 Å². The van der Waals surface area contributed by atoms with Crippen LogP contribution in [0.3, 0.4) is 0 Å². The molecule has 2 rings (SSSR count). The van der Waals surface area contributed by atoms with Crippen molar-refractivity contribution in [2.24, 2.45) is 5.41 Å². The Morgan fingerprint density at radius 1 is 1.10 bits per heavy atom. The van der Waals surface area contributed by atoms with Crippen molar-refractivity contribution < 1.29 is 4.79 Å². The summed E-state index contributed by atoms with van der Waals surface area (Å²) in [5, 5.41) is 0. The van der Waals surface area contributed by atoms with Crippen LogP contribution in [-0.4, -0.2) is 28.8 Å². The van der Waals surface area contributed by atoms with Gasteiger partial charge in [0, 0.05) is 22.5 Å². The molecule has 1 atom stereocenters. The lowest BCUT2D eigenvalue weighted by Crippen LogP contribution is -2.24. The average molecular weight is 321 g/mol.